The van der Waals surface area contributed by atoms with Crippen LogP contribution in [0.5, 0.6) is 11.5 Å². The maximum absolute atomic E-state index is 13.7. The number of nitrogens with one attached hydrogen (secondary N) is 1. The monoisotopic (exact) mass is 395 g/mol. The van der Waals surface area contributed by atoms with Gasteiger partial charge in [0.05, 0.1) is 20.9 Å². The number of nitrogens with zero attached hydrogens (tertiary/aromatic N) is 2. The molecule has 3 amide bonds. The van der Waals surface area contributed by atoms with Gasteiger partial charge in [-0.2, -0.15) is 0 Å². The summed E-state index contributed by atoms with van der Waals surface area (Å²) < 4.78 is 10.5. The highest BCUT2D eigenvalue weighted by atomic mass is 16.5. The summed E-state index contributed by atoms with van der Waals surface area (Å²) in [4.78, 5) is 30.0. The molecular weight excluding hydrogens is 370 g/mol. The summed E-state index contributed by atoms with van der Waals surface area (Å²) in [5.74, 6) is 1.10. The summed E-state index contributed by atoms with van der Waals surface area (Å²) in [6.07, 6.45) is 2.18. The largest absolute Gasteiger partial charge is 0.497 e. The van der Waals surface area contributed by atoms with Crippen LogP contribution in [-0.2, 0) is 10.3 Å². The van der Waals surface area contributed by atoms with E-state index < -0.39 is 5.54 Å². The highest BCUT2D eigenvalue weighted by molar-refractivity contribution is 6.09. The van der Waals surface area contributed by atoms with Crippen LogP contribution in [0.25, 0.3) is 0 Å². The first-order valence-electron chi connectivity index (χ1n) is 9.74. The van der Waals surface area contributed by atoms with Crippen LogP contribution >= 0.6 is 0 Å². The lowest BCUT2D eigenvalue weighted by Gasteiger charge is -2.29. The lowest BCUT2D eigenvalue weighted by molar-refractivity contribution is -0.131. The van der Waals surface area contributed by atoms with Crippen molar-refractivity contribution in [1.29, 1.82) is 0 Å². The van der Waals surface area contributed by atoms with Crippen molar-refractivity contribution in [1.82, 2.24) is 15.1 Å². The molecule has 2 heterocycles. The fourth-order valence-electron chi connectivity index (χ4n) is 4.07. The molecule has 29 heavy (non-hydrogen) atoms. The molecule has 0 spiro atoms. The van der Waals surface area contributed by atoms with E-state index in [0.29, 0.717) is 29.3 Å². The third kappa shape index (κ3) is 3.31. The summed E-state index contributed by atoms with van der Waals surface area (Å²) in [6, 6.07) is 14.1. The van der Waals surface area contributed by atoms with Crippen molar-refractivity contribution >= 4 is 11.9 Å². The Morgan fingerprint density at radius 2 is 1.34 bits per heavy atom. The molecule has 1 N–H and O–H groups in total. The number of likely N-dealkylation sites (tertiary alicyclic amines) is 1. The van der Waals surface area contributed by atoms with Crippen molar-refractivity contribution < 1.29 is 19.1 Å². The van der Waals surface area contributed by atoms with Gasteiger partial charge in [-0.3, -0.25) is 9.69 Å². The zero-order chi connectivity index (χ0) is 20.4. The quantitative estimate of drug-likeness (QED) is 0.761. The van der Waals surface area contributed by atoms with Crippen molar-refractivity contribution in [3.05, 3.63) is 59.7 Å². The summed E-state index contributed by atoms with van der Waals surface area (Å²) in [5.41, 5.74) is 0.0893. The van der Waals surface area contributed by atoms with E-state index in [-0.39, 0.29) is 11.9 Å². The SMILES string of the molecule is COc1ccc(C2(c3ccc(OC)cc3)NC(=O)N(CN3CCCC3)C2=O)cc1. The third-order valence-electron chi connectivity index (χ3n) is 5.69. The van der Waals surface area contributed by atoms with E-state index in [4.69, 9.17) is 9.47 Å². The minimum absolute atomic E-state index is 0.273. The fourth-order valence-corrected chi connectivity index (χ4v) is 4.07. The Hall–Kier alpha value is -3.06. The molecule has 2 saturated heterocycles. The highest BCUT2D eigenvalue weighted by Crippen LogP contribution is 2.37. The number of urea groups is 1. The van der Waals surface area contributed by atoms with E-state index in [2.05, 4.69) is 10.2 Å². The first kappa shape index (κ1) is 19.3. The van der Waals surface area contributed by atoms with Crippen LogP contribution in [0.1, 0.15) is 24.0 Å². The molecule has 2 aliphatic rings. The predicted molar refractivity (Wildman–Crippen MR) is 108 cm³/mol. The van der Waals surface area contributed by atoms with Gasteiger partial charge in [0, 0.05) is 0 Å². The molecule has 0 unspecified atom stereocenters. The molecule has 0 radical (unpaired) electrons. The lowest BCUT2D eigenvalue weighted by Crippen LogP contribution is -2.46. The number of methoxy groups -OCH3 is 2. The van der Waals surface area contributed by atoms with Crippen LogP contribution in [0.2, 0.25) is 0 Å². The number of amides is 3. The Kier molecular flexibility index (Phi) is 5.15. The molecule has 2 aromatic rings. The Bertz CT molecular complexity index is 842. The van der Waals surface area contributed by atoms with Gasteiger partial charge in [0.15, 0.2) is 5.54 Å². The zero-order valence-corrected chi connectivity index (χ0v) is 16.7. The van der Waals surface area contributed by atoms with Gasteiger partial charge in [-0.15, -0.1) is 0 Å². The van der Waals surface area contributed by atoms with E-state index in [1.165, 1.54) is 4.90 Å². The number of hydrogen-bond donors (Lipinski definition) is 1. The van der Waals surface area contributed by atoms with Gasteiger partial charge in [-0.1, -0.05) is 24.3 Å². The van der Waals surface area contributed by atoms with Crippen molar-refractivity contribution in [2.24, 2.45) is 0 Å². The van der Waals surface area contributed by atoms with Crippen LogP contribution < -0.4 is 14.8 Å². The number of rotatable bonds is 6. The second-order valence-electron chi connectivity index (χ2n) is 7.34. The molecule has 2 aliphatic heterocycles. The first-order valence-corrected chi connectivity index (χ1v) is 9.74. The van der Waals surface area contributed by atoms with Gasteiger partial charge in [0.2, 0.25) is 0 Å². The third-order valence-corrected chi connectivity index (χ3v) is 5.69. The number of carbonyl (C=O) groups excluding carboxylic acids is 2. The summed E-state index contributed by atoms with van der Waals surface area (Å²) in [5, 5.41) is 2.98. The van der Waals surface area contributed by atoms with E-state index in [1.54, 1.807) is 38.5 Å². The molecule has 0 bridgehead atoms. The van der Waals surface area contributed by atoms with Crippen molar-refractivity contribution in [3.63, 3.8) is 0 Å². The van der Waals surface area contributed by atoms with Crippen molar-refractivity contribution in [2.75, 3.05) is 34.0 Å². The van der Waals surface area contributed by atoms with Crippen LogP contribution in [-0.4, -0.2) is 55.7 Å². The van der Waals surface area contributed by atoms with Gasteiger partial charge < -0.3 is 14.8 Å². The van der Waals surface area contributed by atoms with Gasteiger partial charge in [-0.05, 0) is 61.3 Å². The van der Waals surface area contributed by atoms with Gasteiger partial charge in [-0.25, -0.2) is 9.69 Å². The van der Waals surface area contributed by atoms with E-state index in [1.807, 2.05) is 24.3 Å². The minimum atomic E-state index is -1.28. The summed E-state index contributed by atoms with van der Waals surface area (Å²) >= 11 is 0. The summed E-state index contributed by atoms with van der Waals surface area (Å²) in [7, 11) is 3.18. The molecule has 0 saturated carbocycles. The standard InChI is InChI=1S/C22H25N3O4/c1-28-18-9-5-16(6-10-18)22(17-7-11-19(29-2)12-8-17)20(26)25(21(27)23-22)15-24-13-3-4-14-24/h5-12H,3-4,13-15H2,1-2H3,(H,23,27). The Labute approximate surface area is 170 Å². The Balaban J connectivity index is 1.77. The molecule has 152 valence electrons. The predicted octanol–water partition coefficient (Wildman–Crippen LogP) is 2.55. The minimum Gasteiger partial charge on any atom is -0.497 e. The molecular formula is C22H25N3O4. The van der Waals surface area contributed by atoms with E-state index in [9.17, 15) is 9.59 Å². The smallest absolute Gasteiger partial charge is 0.326 e. The Morgan fingerprint density at radius 3 is 1.79 bits per heavy atom. The van der Waals surface area contributed by atoms with Crippen LogP contribution in [0.4, 0.5) is 4.79 Å². The van der Waals surface area contributed by atoms with Crippen LogP contribution in [0.15, 0.2) is 48.5 Å². The molecule has 7 heteroatoms. The van der Waals surface area contributed by atoms with Gasteiger partial charge >= 0.3 is 6.03 Å². The molecule has 2 fully saturated rings. The van der Waals surface area contributed by atoms with Crippen LogP contribution in [0, 0.1) is 0 Å². The van der Waals surface area contributed by atoms with Crippen molar-refractivity contribution in [2.45, 2.75) is 18.4 Å². The second kappa shape index (κ2) is 7.75. The first-order chi connectivity index (χ1) is 14.1. The number of benzene rings is 2. The number of carbonyl (C=O) groups is 2. The topological polar surface area (TPSA) is 71.1 Å². The average Bonchev–Trinajstić information content (AvgIpc) is 3.36. The molecule has 0 atom stereocenters. The Morgan fingerprint density at radius 1 is 0.862 bits per heavy atom. The maximum atomic E-state index is 13.7. The maximum Gasteiger partial charge on any atom is 0.326 e. The van der Waals surface area contributed by atoms with Crippen molar-refractivity contribution in [3.8, 4) is 11.5 Å². The average molecular weight is 395 g/mol. The van der Waals surface area contributed by atoms with Gasteiger partial charge in [0.1, 0.15) is 11.5 Å². The number of ether oxygens (including phenoxy) is 2. The summed E-state index contributed by atoms with van der Waals surface area (Å²) in [6.45, 7) is 2.10. The lowest BCUT2D eigenvalue weighted by atomic mass is 9.82. The fraction of sp³-hybridized carbons (Fsp3) is 0.364. The normalized spacial score (nSPS) is 18.8. The molecule has 4 rings (SSSR count). The van der Waals surface area contributed by atoms with Gasteiger partial charge in [0.25, 0.3) is 5.91 Å². The molecule has 2 aromatic carbocycles. The van der Waals surface area contributed by atoms with Crippen LogP contribution in [0.3, 0.4) is 0 Å². The van der Waals surface area contributed by atoms with E-state index >= 15 is 0 Å². The second-order valence-corrected chi connectivity index (χ2v) is 7.34. The molecule has 0 aliphatic carbocycles. The molecule has 7 nitrogen and oxygen atoms in total. The molecule has 0 aromatic heterocycles. The van der Waals surface area contributed by atoms with E-state index in [0.717, 1.165) is 25.9 Å². The zero-order valence-electron chi connectivity index (χ0n) is 16.7. The number of imide groups is 1. The number of hydrogen-bond acceptors (Lipinski definition) is 5. The highest BCUT2D eigenvalue weighted by Gasteiger charge is 2.54.